The Morgan fingerprint density at radius 3 is 2.11 bits per heavy atom. The highest BCUT2D eigenvalue weighted by Crippen LogP contribution is 2.32. The second-order valence-corrected chi connectivity index (χ2v) is 6.96. The van der Waals surface area contributed by atoms with Crippen LogP contribution in [0.3, 0.4) is 0 Å². The van der Waals surface area contributed by atoms with Gasteiger partial charge in [0, 0.05) is 21.3 Å². The standard InChI is InChI=1S/C23H16BrNO2/c24-18-13-11-17(12-14-18)22(26)20-15-21(16-7-3-1-4-8-16)27-23(20)25-19-9-5-2-6-10-19/h1-15,25H. The Hall–Kier alpha value is -3.11. The monoisotopic (exact) mass is 417 g/mol. The van der Waals surface area contributed by atoms with Crippen LogP contribution in [0.1, 0.15) is 15.9 Å². The van der Waals surface area contributed by atoms with Gasteiger partial charge in [-0.1, -0.05) is 64.5 Å². The van der Waals surface area contributed by atoms with E-state index in [1.165, 1.54) is 0 Å². The Kier molecular flexibility index (Phi) is 4.90. The van der Waals surface area contributed by atoms with E-state index >= 15 is 0 Å². The molecule has 1 aromatic heterocycles. The zero-order valence-electron chi connectivity index (χ0n) is 14.4. The van der Waals surface area contributed by atoms with Gasteiger partial charge in [0.05, 0.1) is 5.56 Å². The van der Waals surface area contributed by atoms with Gasteiger partial charge in [-0.2, -0.15) is 0 Å². The predicted octanol–water partition coefficient (Wildman–Crippen LogP) is 6.68. The lowest BCUT2D eigenvalue weighted by molar-refractivity contribution is 0.103. The van der Waals surface area contributed by atoms with Crippen molar-refractivity contribution in [3.8, 4) is 11.3 Å². The molecule has 3 nitrogen and oxygen atoms in total. The summed E-state index contributed by atoms with van der Waals surface area (Å²) in [5.74, 6) is 0.995. The van der Waals surface area contributed by atoms with Crippen molar-refractivity contribution < 1.29 is 9.21 Å². The molecule has 27 heavy (non-hydrogen) atoms. The van der Waals surface area contributed by atoms with Crippen LogP contribution in [0.15, 0.2) is 99.9 Å². The van der Waals surface area contributed by atoms with E-state index in [-0.39, 0.29) is 5.78 Å². The maximum atomic E-state index is 13.1. The fourth-order valence-corrected chi connectivity index (χ4v) is 3.07. The molecular formula is C23H16BrNO2. The molecule has 0 atom stereocenters. The van der Waals surface area contributed by atoms with Crippen molar-refractivity contribution in [3.05, 3.63) is 107 Å². The van der Waals surface area contributed by atoms with Crippen molar-refractivity contribution in [2.75, 3.05) is 5.32 Å². The summed E-state index contributed by atoms with van der Waals surface area (Å²) in [7, 11) is 0. The second kappa shape index (κ2) is 7.64. The summed E-state index contributed by atoms with van der Waals surface area (Å²) >= 11 is 3.40. The van der Waals surface area contributed by atoms with E-state index in [1.807, 2.05) is 72.8 Å². The normalized spacial score (nSPS) is 10.6. The number of furan rings is 1. The van der Waals surface area contributed by atoms with Gasteiger partial charge >= 0.3 is 0 Å². The van der Waals surface area contributed by atoms with Gasteiger partial charge in [-0.25, -0.2) is 0 Å². The van der Waals surface area contributed by atoms with Crippen LogP contribution >= 0.6 is 15.9 Å². The Bertz CT molecular complexity index is 1050. The van der Waals surface area contributed by atoms with Gasteiger partial charge in [0.15, 0.2) is 5.78 Å². The SMILES string of the molecule is O=C(c1ccc(Br)cc1)c1cc(-c2ccccc2)oc1Nc1ccccc1. The molecule has 0 radical (unpaired) electrons. The van der Waals surface area contributed by atoms with E-state index in [1.54, 1.807) is 18.2 Å². The average Bonchev–Trinajstić information content (AvgIpc) is 3.13. The second-order valence-electron chi connectivity index (χ2n) is 6.05. The molecule has 0 aliphatic carbocycles. The fourth-order valence-electron chi connectivity index (χ4n) is 2.81. The maximum absolute atomic E-state index is 13.1. The molecule has 0 bridgehead atoms. The number of hydrogen-bond acceptors (Lipinski definition) is 3. The molecule has 0 aliphatic rings. The Morgan fingerprint density at radius 1 is 0.815 bits per heavy atom. The number of halogens is 1. The fraction of sp³-hybridized carbons (Fsp3) is 0. The number of hydrogen-bond donors (Lipinski definition) is 1. The largest absolute Gasteiger partial charge is 0.440 e. The molecule has 0 amide bonds. The van der Waals surface area contributed by atoms with Crippen molar-refractivity contribution >= 4 is 33.3 Å². The molecular weight excluding hydrogens is 402 g/mol. The Labute approximate surface area is 165 Å². The minimum absolute atomic E-state index is 0.0909. The number of para-hydroxylation sites is 1. The maximum Gasteiger partial charge on any atom is 0.209 e. The summed E-state index contributed by atoms with van der Waals surface area (Å²) in [5, 5.41) is 3.23. The lowest BCUT2D eigenvalue weighted by atomic mass is 10.0. The molecule has 0 saturated heterocycles. The first-order valence-electron chi connectivity index (χ1n) is 8.52. The van der Waals surface area contributed by atoms with Crippen molar-refractivity contribution in [3.63, 3.8) is 0 Å². The molecule has 0 unspecified atom stereocenters. The van der Waals surface area contributed by atoms with E-state index in [4.69, 9.17) is 4.42 Å². The van der Waals surface area contributed by atoms with Crippen LogP contribution in [-0.4, -0.2) is 5.78 Å². The molecule has 1 heterocycles. The summed E-state index contributed by atoms with van der Waals surface area (Å²) in [6.45, 7) is 0. The first-order valence-corrected chi connectivity index (χ1v) is 9.31. The van der Waals surface area contributed by atoms with Crippen LogP contribution in [0.2, 0.25) is 0 Å². The number of anilines is 2. The number of benzene rings is 3. The zero-order chi connectivity index (χ0) is 18.6. The third kappa shape index (κ3) is 3.86. The van der Waals surface area contributed by atoms with Gasteiger partial charge in [0.2, 0.25) is 5.88 Å². The molecule has 0 spiro atoms. The van der Waals surface area contributed by atoms with Crippen LogP contribution in [0.25, 0.3) is 11.3 Å². The summed E-state index contributed by atoms with van der Waals surface area (Å²) < 4.78 is 6.96. The summed E-state index contributed by atoms with van der Waals surface area (Å²) in [6.07, 6.45) is 0. The summed E-state index contributed by atoms with van der Waals surface area (Å²) in [5.41, 5.74) is 2.88. The highest BCUT2D eigenvalue weighted by Gasteiger charge is 2.20. The lowest BCUT2D eigenvalue weighted by Gasteiger charge is -2.06. The van der Waals surface area contributed by atoms with Crippen LogP contribution in [0.4, 0.5) is 11.6 Å². The number of ketones is 1. The predicted molar refractivity (Wildman–Crippen MR) is 111 cm³/mol. The minimum Gasteiger partial charge on any atom is -0.440 e. The average molecular weight is 418 g/mol. The first-order chi connectivity index (χ1) is 13.2. The molecule has 4 rings (SSSR count). The van der Waals surface area contributed by atoms with Gasteiger partial charge in [-0.05, 0) is 42.5 Å². The molecule has 4 heteroatoms. The molecule has 4 aromatic rings. The quantitative estimate of drug-likeness (QED) is 0.368. The van der Waals surface area contributed by atoms with E-state index < -0.39 is 0 Å². The molecule has 0 fully saturated rings. The van der Waals surface area contributed by atoms with E-state index in [0.717, 1.165) is 15.7 Å². The Morgan fingerprint density at radius 2 is 1.44 bits per heavy atom. The molecule has 132 valence electrons. The summed E-state index contributed by atoms with van der Waals surface area (Å²) in [6, 6.07) is 28.5. The van der Waals surface area contributed by atoms with Gasteiger partial charge in [-0.15, -0.1) is 0 Å². The minimum atomic E-state index is -0.0909. The zero-order valence-corrected chi connectivity index (χ0v) is 15.9. The van der Waals surface area contributed by atoms with Gasteiger partial charge in [0.1, 0.15) is 5.76 Å². The van der Waals surface area contributed by atoms with Crippen LogP contribution in [0.5, 0.6) is 0 Å². The van der Waals surface area contributed by atoms with Crippen molar-refractivity contribution in [1.82, 2.24) is 0 Å². The Balaban J connectivity index is 1.77. The third-order valence-corrected chi connectivity index (χ3v) is 4.70. The summed E-state index contributed by atoms with van der Waals surface area (Å²) in [4.78, 5) is 13.1. The topological polar surface area (TPSA) is 42.2 Å². The van der Waals surface area contributed by atoms with Gasteiger partial charge < -0.3 is 9.73 Å². The number of carbonyl (C=O) groups is 1. The smallest absolute Gasteiger partial charge is 0.209 e. The third-order valence-electron chi connectivity index (χ3n) is 4.17. The van der Waals surface area contributed by atoms with Crippen molar-refractivity contribution in [2.24, 2.45) is 0 Å². The highest BCUT2D eigenvalue weighted by molar-refractivity contribution is 9.10. The van der Waals surface area contributed by atoms with E-state index in [9.17, 15) is 4.79 Å². The van der Waals surface area contributed by atoms with Crippen LogP contribution in [0, 0.1) is 0 Å². The number of nitrogens with one attached hydrogen (secondary N) is 1. The van der Waals surface area contributed by atoms with Crippen molar-refractivity contribution in [2.45, 2.75) is 0 Å². The molecule has 0 aliphatic heterocycles. The molecule has 3 aromatic carbocycles. The highest BCUT2D eigenvalue weighted by atomic mass is 79.9. The lowest BCUT2D eigenvalue weighted by Crippen LogP contribution is -2.03. The van der Waals surface area contributed by atoms with E-state index in [0.29, 0.717) is 22.8 Å². The molecule has 1 N–H and O–H groups in total. The number of rotatable bonds is 5. The van der Waals surface area contributed by atoms with Crippen LogP contribution < -0.4 is 5.32 Å². The van der Waals surface area contributed by atoms with Crippen LogP contribution in [-0.2, 0) is 0 Å². The number of carbonyl (C=O) groups excluding carboxylic acids is 1. The van der Waals surface area contributed by atoms with Gasteiger partial charge in [0.25, 0.3) is 0 Å². The van der Waals surface area contributed by atoms with Gasteiger partial charge in [-0.3, -0.25) is 4.79 Å². The van der Waals surface area contributed by atoms with E-state index in [2.05, 4.69) is 21.2 Å². The van der Waals surface area contributed by atoms with Crippen molar-refractivity contribution in [1.29, 1.82) is 0 Å². The first kappa shape index (κ1) is 17.3. The molecule has 0 saturated carbocycles.